The molecule has 0 aliphatic rings. The van der Waals surface area contributed by atoms with Crippen LogP contribution in [-0.2, 0) is 9.53 Å². The van der Waals surface area contributed by atoms with Gasteiger partial charge in [-0.05, 0) is 0 Å². The van der Waals surface area contributed by atoms with Gasteiger partial charge in [0.1, 0.15) is 0 Å². The molecule has 0 radical (unpaired) electrons. The standard InChI is InChI=1S/C4H8FNO2/c1-8-4(7)3(5)2-6/h3H,2,6H2,1H3. The van der Waals surface area contributed by atoms with E-state index in [1.165, 1.54) is 0 Å². The van der Waals surface area contributed by atoms with Gasteiger partial charge in [0, 0.05) is 6.54 Å². The molecule has 0 amide bonds. The minimum atomic E-state index is -1.67. The molecule has 0 heterocycles. The lowest BCUT2D eigenvalue weighted by Crippen LogP contribution is -2.25. The molecule has 0 rings (SSSR count). The second-order valence-electron chi connectivity index (χ2n) is 1.23. The number of nitrogens with two attached hydrogens (primary N) is 1. The summed E-state index contributed by atoms with van der Waals surface area (Å²) in [5.41, 5.74) is 4.77. The minimum Gasteiger partial charge on any atom is -0.467 e. The van der Waals surface area contributed by atoms with Crippen molar-refractivity contribution >= 4 is 5.97 Å². The molecular formula is C4H8FNO2. The minimum absolute atomic E-state index is 0.313. The van der Waals surface area contributed by atoms with Crippen molar-refractivity contribution in [3.63, 3.8) is 0 Å². The number of carbonyl (C=O) groups excluding carboxylic acids is 1. The Morgan fingerprint density at radius 1 is 2.00 bits per heavy atom. The molecule has 8 heavy (non-hydrogen) atoms. The lowest BCUT2D eigenvalue weighted by atomic mass is 10.4. The zero-order valence-corrected chi connectivity index (χ0v) is 4.56. The van der Waals surface area contributed by atoms with Gasteiger partial charge in [-0.25, -0.2) is 9.18 Å². The Morgan fingerprint density at radius 3 is 2.62 bits per heavy atom. The first-order valence-electron chi connectivity index (χ1n) is 2.14. The van der Waals surface area contributed by atoms with Gasteiger partial charge in [-0.1, -0.05) is 0 Å². The number of alkyl halides is 1. The molecule has 4 heteroatoms. The predicted molar refractivity (Wildman–Crippen MR) is 26.0 cm³/mol. The second-order valence-corrected chi connectivity index (χ2v) is 1.23. The molecule has 1 atom stereocenters. The summed E-state index contributed by atoms with van der Waals surface area (Å²) >= 11 is 0. The van der Waals surface area contributed by atoms with Crippen LogP contribution in [0.25, 0.3) is 0 Å². The third kappa shape index (κ3) is 1.88. The summed E-state index contributed by atoms with van der Waals surface area (Å²) in [6.45, 7) is -0.313. The molecular weight excluding hydrogens is 113 g/mol. The molecule has 0 aliphatic carbocycles. The maximum absolute atomic E-state index is 11.9. The summed E-state index contributed by atoms with van der Waals surface area (Å²) in [5.74, 6) is -0.910. The first kappa shape index (κ1) is 7.36. The maximum atomic E-state index is 11.9. The van der Waals surface area contributed by atoms with Gasteiger partial charge in [0.15, 0.2) is 0 Å². The lowest BCUT2D eigenvalue weighted by Gasteiger charge is -1.99. The Kier molecular flexibility index (Phi) is 3.10. The number of rotatable bonds is 2. The molecule has 0 fully saturated rings. The zero-order valence-electron chi connectivity index (χ0n) is 4.56. The van der Waals surface area contributed by atoms with Gasteiger partial charge in [-0.2, -0.15) is 0 Å². The molecule has 3 nitrogen and oxygen atoms in total. The van der Waals surface area contributed by atoms with E-state index >= 15 is 0 Å². The largest absolute Gasteiger partial charge is 0.467 e. The number of hydrogen-bond acceptors (Lipinski definition) is 3. The highest BCUT2D eigenvalue weighted by atomic mass is 19.1. The molecule has 0 aliphatic heterocycles. The molecule has 48 valence electrons. The monoisotopic (exact) mass is 121 g/mol. The zero-order chi connectivity index (χ0) is 6.57. The molecule has 0 saturated carbocycles. The first-order chi connectivity index (χ1) is 3.72. The van der Waals surface area contributed by atoms with E-state index in [0.29, 0.717) is 0 Å². The molecule has 0 aromatic rings. The van der Waals surface area contributed by atoms with Crippen LogP contribution in [0.15, 0.2) is 0 Å². The van der Waals surface area contributed by atoms with Crippen molar-refractivity contribution in [2.24, 2.45) is 5.73 Å². The first-order valence-corrected chi connectivity index (χ1v) is 2.14. The highest BCUT2D eigenvalue weighted by Gasteiger charge is 2.13. The SMILES string of the molecule is COC(=O)C(F)CN. The van der Waals surface area contributed by atoms with Crippen molar-refractivity contribution in [2.75, 3.05) is 13.7 Å². The van der Waals surface area contributed by atoms with E-state index in [0.717, 1.165) is 7.11 Å². The summed E-state index contributed by atoms with van der Waals surface area (Å²) < 4.78 is 15.9. The Morgan fingerprint density at radius 2 is 2.50 bits per heavy atom. The smallest absolute Gasteiger partial charge is 0.341 e. The molecule has 0 saturated heterocycles. The quantitative estimate of drug-likeness (QED) is 0.499. The predicted octanol–water partition coefficient (Wildman–Crippen LogP) is -0.544. The number of hydrogen-bond donors (Lipinski definition) is 1. The summed E-state index contributed by atoms with van der Waals surface area (Å²) in [6, 6.07) is 0. The molecule has 0 spiro atoms. The molecule has 0 aromatic carbocycles. The van der Waals surface area contributed by atoms with Crippen LogP contribution in [0, 0.1) is 0 Å². The average Bonchev–Trinajstić information content (AvgIpc) is 1.84. The van der Waals surface area contributed by atoms with Gasteiger partial charge in [0.05, 0.1) is 7.11 Å². The highest BCUT2D eigenvalue weighted by molar-refractivity contribution is 5.74. The molecule has 0 aromatic heterocycles. The number of esters is 1. The number of ether oxygens (including phenoxy) is 1. The van der Waals surface area contributed by atoms with E-state index in [4.69, 9.17) is 5.73 Å². The lowest BCUT2D eigenvalue weighted by molar-refractivity contribution is -0.146. The van der Waals surface area contributed by atoms with Crippen LogP contribution < -0.4 is 5.73 Å². The van der Waals surface area contributed by atoms with Gasteiger partial charge in [0.2, 0.25) is 6.17 Å². The van der Waals surface area contributed by atoms with Crippen LogP contribution in [-0.4, -0.2) is 25.8 Å². The Hall–Kier alpha value is -0.640. The van der Waals surface area contributed by atoms with E-state index in [9.17, 15) is 9.18 Å². The Balaban J connectivity index is 3.46. The van der Waals surface area contributed by atoms with Crippen LogP contribution >= 0.6 is 0 Å². The van der Waals surface area contributed by atoms with Crippen LogP contribution in [0.5, 0.6) is 0 Å². The number of halogens is 1. The fraction of sp³-hybridized carbons (Fsp3) is 0.750. The van der Waals surface area contributed by atoms with Crippen molar-refractivity contribution < 1.29 is 13.9 Å². The van der Waals surface area contributed by atoms with Crippen molar-refractivity contribution in [1.29, 1.82) is 0 Å². The summed E-state index contributed by atoms with van der Waals surface area (Å²) in [7, 11) is 1.12. The molecule has 0 bridgehead atoms. The van der Waals surface area contributed by atoms with E-state index in [1.54, 1.807) is 0 Å². The van der Waals surface area contributed by atoms with Crippen LogP contribution in [0.3, 0.4) is 0 Å². The van der Waals surface area contributed by atoms with Crippen LogP contribution in [0.4, 0.5) is 4.39 Å². The molecule has 1 unspecified atom stereocenters. The molecule has 2 N–H and O–H groups in total. The van der Waals surface area contributed by atoms with Crippen LogP contribution in [0.1, 0.15) is 0 Å². The third-order valence-corrected chi connectivity index (χ3v) is 0.664. The highest BCUT2D eigenvalue weighted by Crippen LogP contribution is 1.88. The Bertz CT molecular complexity index is 86.1. The second kappa shape index (κ2) is 3.37. The number of carbonyl (C=O) groups is 1. The van der Waals surface area contributed by atoms with E-state index < -0.39 is 12.1 Å². The van der Waals surface area contributed by atoms with Gasteiger partial charge >= 0.3 is 5.97 Å². The summed E-state index contributed by atoms with van der Waals surface area (Å²) in [6.07, 6.45) is -1.67. The normalized spacial score (nSPS) is 12.9. The fourth-order valence-corrected chi connectivity index (χ4v) is 0.224. The Labute approximate surface area is 46.6 Å². The topological polar surface area (TPSA) is 52.3 Å². The van der Waals surface area contributed by atoms with Gasteiger partial charge in [-0.3, -0.25) is 0 Å². The van der Waals surface area contributed by atoms with Gasteiger partial charge in [0.25, 0.3) is 0 Å². The van der Waals surface area contributed by atoms with Crippen molar-refractivity contribution in [1.82, 2.24) is 0 Å². The fourth-order valence-electron chi connectivity index (χ4n) is 0.224. The van der Waals surface area contributed by atoms with E-state index in [-0.39, 0.29) is 6.54 Å². The van der Waals surface area contributed by atoms with E-state index in [1.807, 2.05) is 0 Å². The third-order valence-electron chi connectivity index (χ3n) is 0.664. The van der Waals surface area contributed by atoms with Crippen LogP contribution in [0.2, 0.25) is 0 Å². The average molecular weight is 121 g/mol. The van der Waals surface area contributed by atoms with Gasteiger partial charge < -0.3 is 10.5 Å². The summed E-state index contributed by atoms with van der Waals surface area (Å²) in [5, 5.41) is 0. The maximum Gasteiger partial charge on any atom is 0.341 e. The van der Waals surface area contributed by atoms with Crippen molar-refractivity contribution in [3.8, 4) is 0 Å². The summed E-state index contributed by atoms with van der Waals surface area (Å²) in [4.78, 5) is 10.1. The number of methoxy groups -OCH3 is 1. The van der Waals surface area contributed by atoms with Crippen molar-refractivity contribution in [3.05, 3.63) is 0 Å². The van der Waals surface area contributed by atoms with Crippen molar-refractivity contribution in [2.45, 2.75) is 6.17 Å². The van der Waals surface area contributed by atoms with Gasteiger partial charge in [-0.15, -0.1) is 0 Å². The van der Waals surface area contributed by atoms with E-state index in [2.05, 4.69) is 4.74 Å².